The summed E-state index contributed by atoms with van der Waals surface area (Å²) in [5, 5.41) is 5.03. The first-order valence-corrected chi connectivity index (χ1v) is 9.22. The summed E-state index contributed by atoms with van der Waals surface area (Å²) in [7, 11) is 0. The molecule has 0 bridgehead atoms. The second kappa shape index (κ2) is 9.50. The number of para-hydroxylation sites is 1. The number of hydrogen-bond acceptors (Lipinski definition) is 5. The molecule has 1 heterocycles. The standard InChI is InChI=1S/C21H21N3O5/c25-18(23-16-5-2-1-3-6-16)14-29-20(27)13-22-21(28)15-8-10-17(11-9-15)24-12-4-7-19(24)26/h1-3,5-6,8-11H,4,7,12-14H2,(H,22,28)(H,23,25). The zero-order valence-electron chi connectivity index (χ0n) is 15.7. The van der Waals surface area contributed by atoms with Crippen LogP contribution < -0.4 is 15.5 Å². The Morgan fingerprint density at radius 3 is 2.38 bits per heavy atom. The quantitative estimate of drug-likeness (QED) is 0.695. The zero-order valence-corrected chi connectivity index (χ0v) is 15.7. The highest BCUT2D eigenvalue weighted by molar-refractivity contribution is 5.98. The number of carbonyl (C=O) groups excluding carboxylic acids is 4. The Hall–Kier alpha value is -3.68. The van der Waals surface area contributed by atoms with Crippen LogP contribution in [0.15, 0.2) is 54.6 Å². The summed E-state index contributed by atoms with van der Waals surface area (Å²) in [5.74, 6) is -1.57. The molecule has 150 valence electrons. The van der Waals surface area contributed by atoms with Crippen LogP contribution in [0.1, 0.15) is 23.2 Å². The number of esters is 1. The molecule has 1 aliphatic rings. The van der Waals surface area contributed by atoms with E-state index in [4.69, 9.17) is 4.74 Å². The highest BCUT2D eigenvalue weighted by Crippen LogP contribution is 2.21. The summed E-state index contributed by atoms with van der Waals surface area (Å²) < 4.78 is 4.85. The van der Waals surface area contributed by atoms with Crippen LogP contribution in [0.3, 0.4) is 0 Å². The summed E-state index contributed by atoms with van der Waals surface area (Å²) in [4.78, 5) is 49.1. The van der Waals surface area contributed by atoms with Crippen LogP contribution in [0, 0.1) is 0 Å². The van der Waals surface area contributed by atoms with Gasteiger partial charge in [0, 0.05) is 29.9 Å². The SMILES string of the molecule is O=C(COC(=O)CNC(=O)c1ccc(N2CCCC2=O)cc1)Nc1ccccc1. The normalized spacial score (nSPS) is 13.1. The Balaban J connectivity index is 1.41. The Labute approximate surface area is 167 Å². The van der Waals surface area contributed by atoms with Crippen molar-refractivity contribution >= 4 is 35.1 Å². The van der Waals surface area contributed by atoms with Crippen molar-refractivity contribution < 1.29 is 23.9 Å². The van der Waals surface area contributed by atoms with Crippen molar-refractivity contribution in [3.8, 4) is 0 Å². The van der Waals surface area contributed by atoms with Gasteiger partial charge in [-0.3, -0.25) is 19.2 Å². The molecule has 2 aromatic rings. The largest absolute Gasteiger partial charge is 0.454 e. The number of nitrogens with one attached hydrogen (secondary N) is 2. The highest BCUT2D eigenvalue weighted by Gasteiger charge is 2.21. The topological polar surface area (TPSA) is 105 Å². The van der Waals surface area contributed by atoms with E-state index in [1.54, 1.807) is 53.4 Å². The van der Waals surface area contributed by atoms with E-state index in [-0.39, 0.29) is 12.5 Å². The van der Waals surface area contributed by atoms with Gasteiger partial charge in [0.2, 0.25) is 5.91 Å². The van der Waals surface area contributed by atoms with Gasteiger partial charge in [-0.05, 0) is 42.8 Å². The average Bonchev–Trinajstić information content (AvgIpc) is 3.17. The predicted octanol–water partition coefficient (Wildman–Crippen LogP) is 1.73. The van der Waals surface area contributed by atoms with E-state index >= 15 is 0 Å². The molecular formula is C21H21N3O5. The van der Waals surface area contributed by atoms with Gasteiger partial charge in [-0.15, -0.1) is 0 Å². The van der Waals surface area contributed by atoms with E-state index in [2.05, 4.69) is 10.6 Å². The molecule has 3 rings (SSSR count). The van der Waals surface area contributed by atoms with E-state index < -0.39 is 24.4 Å². The molecule has 0 spiro atoms. The molecule has 2 N–H and O–H groups in total. The minimum absolute atomic E-state index is 0.0706. The van der Waals surface area contributed by atoms with E-state index in [1.807, 2.05) is 6.07 Å². The fraction of sp³-hybridized carbons (Fsp3) is 0.238. The van der Waals surface area contributed by atoms with Crippen LogP contribution in [0.25, 0.3) is 0 Å². The number of ether oxygens (including phenoxy) is 1. The van der Waals surface area contributed by atoms with Gasteiger partial charge in [0.25, 0.3) is 11.8 Å². The Morgan fingerprint density at radius 2 is 1.72 bits per heavy atom. The average molecular weight is 395 g/mol. The predicted molar refractivity (Wildman–Crippen MR) is 106 cm³/mol. The molecular weight excluding hydrogens is 374 g/mol. The van der Waals surface area contributed by atoms with E-state index in [1.165, 1.54) is 0 Å². The van der Waals surface area contributed by atoms with Gasteiger partial charge in [0.05, 0.1) is 0 Å². The van der Waals surface area contributed by atoms with Crippen molar-refractivity contribution in [1.29, 1.82) is 0 Å². The summed E-state index contributed by atoms with van der Waals surface area (Å²) in [6, 6.07) is 15.4. The Morgan fingerprint density at radius 1 is 1.00 bits per heavy atom. The minimum atomic E-state index is -0.721. The van der Waals surface area contributed by atoms with Crippen LogP contribution in [0.4, 0.5) is 11.4 Å². The van der Waals surface area contributed by atoms with Crippen molar-refractivity contribution in [3.63, 3.8) is 0 Å². The molecule has 8 nitrogen and oxygen atoms in total. The number of rotatable bonds is 7. The van der Waals surface area contributed by atoms with Crippen molar-refractivity contribution in [2.75, 3.05) is 29.9 Å². The number of carbonyl (C=O) groups is 4. The molecule has 0 aromatic heterocycles. The van der Waals surface area contributed by atoms with Gasteiger partial charge in [0.1, 0.15) is 6.54 Å². The summed E-state index contributed by atoms with van der Waals surface area (Å²) >= 11 is 0. The second-order valence-electron chi connectivity index (χ2n) is 6.45. The molecule has 0 saturated carbocycles. The van der Waals surface area contributed by atoms with E-state index in [0.717, 1.165) is 12.1 Å². The third-order valence-electron chi connectivity index (χ3n) is 4.33. The molecule has 1 aliphatic heterocycles. The van der Waals surface area contributed by atoms with Crippen molar-refractivity contribution in [3.05, 3.63) is 60.2 Å². The monoisotopic (exact) mass is 395 g/mol. The first-order chi connectivity index (χ1) is 14.0. The molecule has 8 heteroatoms. The number of hydrogen-bond donors (Lipinski definition) is 2. The van der Waals surface area contributed by atoms with Gasteiger partial charge in [-0.1, -0.05) is 18.2 Å². The van der Waals surface area contributed by atoms with Crippen molar-refractivity contribution in [1.82, 2.24) is 5.32 Å². The molecule has 0 aliphatic carbocycles. The first-order valence-electron chi connectivity index (χ1n) is 9.22. The fourth-order valence-corrected chi connectivity index (χ4v) is 2.88. The first kappa shape index (κ1) is 20.1. The van der Waals surface area contributed by atoms with Crippen molar-refractivity contribution in [2.45, 2.75) is 12.8 Å². The Bertz CT molecular complexity index is 896. The molecule has 3 amide bonds. The third-order valence-corrected chi connectivity index (χ3v) is 4.33. The summed E-state index contributed by atoms with van der Waals surface area (Å²) in [6.07, 6.45) is 1.36. The van der Waals surface area contributed by atoms with Crippen LogP contribution in [-0.4, -0.2) is 43.4 Å². The Kier molecular flexibility index (Phi) is 6.57. The maximum atomic E-state index is 12.1. The van der Waals surface area contributed by atoms with Crippen LogP contribution >= 0.6 is 0 Å². The molecule has 1 saturated heterocycles. The molecule has 0 unspecified atom stereocenters. The number of anilines is 2. The molecule has 29 heavy (non-hydrogen) atoms. The second-order valence-corrected chi connectivity index (χ2v) is 6.45. The van der Waals surface area contributed by atoms with E-state index in [0.29, 0.717) is 24.2 Å². The van der Waals surface area contributed by atoms with Gasteiger partial charge < -0.3 is 20.3 Å². The third kappa shape index (κ3) is 5.65. The lowest BCUT2D eigenvalue weighted by Crippen LogP contribution is -2.32. The number of benzene rings is 2. The van der Waals surface area contributed by atoms with Crippen LogP contribution in [-0.2, 0) is 19.1 Å². The maximum Gasteiger partial charge on any atom is 0.325 e. The molecule has 0 radical (unpaired) electrons. The van der Waals surface area contributed by atoms with Gasteiger partial charge in [0.15, 0.2) is 6.61 Å². The van der Waals surface area contributed by atoms with Crippen LogP contribution in [0.5, 0.6) is 0 Å². The molecule has 0 atom stereocenters. The highest BCUT2D eigenvalue weighted by atomic mass is 16.5. The fourth-order valence-electron chi connectivity index (χ4n) is 2.88. The lowest BCUT2D eigenvalue weighted by molar-refractivity contribution is -0.146. The number of amides is 3. The molecule has 1 fully saturated rings. The lowest BCUT2D eigenvalue weighted by atomic mass is 10.2. The van der Waals surface area contributed by atoms with Crippen LogP contribution in [0.2, 0.25) is 0 Å². The molecule has 2 aromatic carbocycles. The number of nitrogens with zero attached hydrogens (tertiary/aromatic N) is 1. The van der Waals surface area contributed by atoms with Crippen molar-refractivity contribution in [2.24, 2.45) is 0 Å². The smallest absolute Gasteiger partial charge is 0.325 e. The van der Waals surface area contributed by atoms with Gasteiger partial charge >= 0.3 is 5.97 Å². The minimum Gasteiger partial charge on any atom is -0.454 e. The van der Waals surface area contributed by atoms with Gasteiger partial charge in [-0.25, -0.2) is 0 Å². The summed E-state index contributed by atoms with van der Waals surface area (Å²) in [5.41, 5.74) is 1.70. The van der Waals surface area contributed by atoms with Gasteiger partial charge in [-0.2, -0.15) is 0 Å². The maximum absolute atomic E-state index is 12.1. The summed E-state index contributed by atoms with van der Waals surface area (Å²) in [6.45, 7) is -0.125. The zero-order chi connectivity index (χ0) is 20.6. The lowest BCUT2D eigenvalue weighted by Gasteiger charge is -2.15. The van der Waals surface area contributed by atoms with E-state index in [9.17, 15) is 19.2 Å².